The van der Waals surface area contributed by atoms with Crippen LogP contribution in [-0.2, 0) is 23.0 Å². The number of fused-ring (bicyclic) bond motifs is 1. The molecule has 0 spiro atoms. The fourth-order valence-corrected chi connectivity index (χ4v) is 5.40. The summed E-state index contributed by atoms with van der Waals surface area (Å²) in [5, 5.41) is 4.36. The molecule has 0 N–H and O–H groups in total. The van der Waals surface area contributed by atoms with Crippen molar-refractivity contribution in [3.63, 3.8) is 0 Å². The molecule has 0 atom stereocenters. The molecule has 0 fully saturated rings. The molecular formula is C21H21N3O4S2. The van der Waals surface area contributed by atoms with Gasteiger partial charge in [0.2, 0.25) is 10.0 Å². The van der Waals surface area contributed by atoms with Crippen LogP contribution in [0, 0.1) is 6.92 Å². The van der Waals surface area contributed by atoms with Crippen LogP contribution in [0.4, 0.5) is 5.69 Å². The van der Waals surface area contributed by atoms with E-state index < -0.39 is 10.0 Å². The summed E-state index contributed by atoms with van der Waals surface area (Å²) in [5.74, 6) is -0.247. The Morgan fingerprint density at radius 3 is 2.67 bits per heavy atom. The molecule has 0 bridgehead atoms. The van der Waals surface area contributed by atoms with Gasteiger partial charge in [-0.3, -0.25) is 13.9 Å². The first-order valence-electron chi connectivity index (χ1n) is 9.51. The molecule has 3 heterocycles. The number of rotatable bonds is 5. The van der Waals surface area contributed by atoms with Crippen molar-refractivity contribution in [2.45, 2.75) is 26.3 Å². The van der Waals surface area contributed by atoms with Gasteiger partial charge in [0.05, 0.1) is 16.8 Å². The molecule has 0 amide bonds. The first-order chi connectivity index (χ1) is 14.2. The number of aromatic nitrogens is 2. The molecular weight excluding hydrogens is 422 g/mol. The number of benzene rings is 1. The highest BCUT2D eigenvalue weighted by Gasteiger charge is 2.24. The van der Waals surface area contributed by atoms with E-state index in [0.29, 0.717) is 36.3 Å². The fraction of sp³-hybridized carbons (Fsp3) is 0.286. The van der Waals surface area contributed by atoms with E-state index in [9.17, 15) is 18.0 Å². The van der Waals surface area contributed by atoms with Crippen LogP contribution < -0.4 is 9.86 Å². The minimum absolute atomic E-state index is 0.175. The SMILES string of the molecule is Cc1ccc(-c2ccc(=O)n(CC(=O)c3ccc4c(c3)CCCN4S(C)(=O)=O)n2)s1. The number of hydrogen-bond acceptors (Lipinski definition) is 6. The maximum atomic E-state index is 12.9. The third-order valence-corrected chi connectivity index (χ3v) is 7.23. The van der Waals surface area contributed by atoms with Gasteiger partial charge in [-0.05, 0) is 61.7 Å². The second kappa shape index (κ2) is 7.81. The molecule has 0 saturated carbocycles. The standard InChI is InChI=1S/C21H21N3O4S2/c1-14-5-9-20(29-14)17-7-10-21(26)23(22-17)13-19(25)16-6-8-18-15(12-16)4-3-11-24(18)30(2,27)28/h5-10,12H,3-4,11,13H2,1-2H3. The quantitative estimate of drug-likeness (QED) is 0.566. The largest absolute Gasteiger partial charge is 0.292 e. The number of sulfonamides is 1. The van der Waals surface area contributed by atoms with E-state index in [-0.39, 0.29) is 17.9 Å². The zero-order chi connectivity index (χ0) is 21.5. The third kappa shape index (κ3) is 4.08. The zero-order valence-electron chi connectivity index (χ0n) is 16.7. The van der Waals surface area contributed by atoms with Crippen LogP contribution in [0.15, 0.2) is 47.3 Å². The van der Waals surface area contributed by atoms with Gasteiger partial charge in [-0.1, -0.05) is 0 Å². The number of ketones is 1. The van der Waals surface area contributed by atoms with Crippen molar-refractivity contribution < 1.29 is 13.2 Å². The second-order valence-corrected chi connectivity index (χ2v) is 10.5. The highest BCUT2D eigenvalue weighted by Crippen LogP contribution is 2.30. The highest BCUT2D eigenvalue weighted by molar-refractivity contribution is 7.92. The van der Waals surface area contributed by atoms with E-state index >= 15 is 0 Å². The van der Waals surface area contributed by atoms with Crippen molar-refractivity contribution >= 4 is 32.8 Å². The molecule has 2 aromatic heterocycles. The monoisotopic (exact) mass is 443 g/mol. The number of hydrogen-bond donors (Lipinski definition) is 0. The molecule has 4 rings (SSSR count). The molecule has 0 saturated heterocycles. The molecule has 156 valence electrons. The van der Waals surface area contributed by atoms with Crippen LogP contribution in [-0.4, -0.2) is 36.8 Å². The fourth-order valence-electron chi connectivity index (χ4n) is 3.57. The molecule has 9 heteroatoms. The lowest BCUT2D eigenvalue weighted by Gasteiger charge is -2.29. The van der Waals surface area contributed by atoms with Crippen LogP contribution >= 0.6 is 11.3 Å². The Balaban J connectivity index is 1.61. The Hall–Kier alpha value is -2.78. The number of carbonyl (C=O) groups excluding carboxylic acids is 1. The summed E-state index contributed by atoms with van der Waals surface area (Å²) in [4.78, 5) is 27.2. The Labute approximate surface area is 178 Å². The smallest absolute Gasteiger partial charge is 0.267 e. The lowest BCUT2D eigenvalue weighted by Crippen LogP contribution is -2.34. The summed E-state index contributed by atoms with van der Waals surface area (Å²) >= 11 is 1.57. The lowest BCUT2D eigenvalue weighted by molar-refractivity contribution is 0.0965. The first-order valence-corrected chi connectivity index (χ1v) is 12.2. The maximum absolute atomic E-state index is 12.9. The molecule has 3 aromatic rings. The van der Waals surface area contributed by atoms with Crippen molar-refractivity contribution in [1.29, 1.82) is 0 Å². The molecule has 1 aromatic carbocycles. The molecule has 7 nitrogen and oxygen atoms in total. The number of carbonyl (C=O) groups is 1. The summed E-state index contributed by atoms with van der Waals surface area (Å²) in [6.45, 7) is 2.26. The number of thiophene rings is 1. The molecule has 1 aliphatic rings. The van der Waals surface area contributed by atoms with E-state index in [1.54, 1.807) is 35.6 Å². The van der Waals surface area contributed by atoms with Gasteiger partial charge >= 0.3 is 0 Å². The van der Waals surface area contributed by atoms with Crippen LogP contribution in [0.2, 0.25) is 0 Å². The van der Waals surface area contributed by atoms with E-state index in [1.807, 2.05) is 19.1 Å². The van der Waals surface area contributed by atoms with E-state index in [4.69, 9.17) is 0 Å². The average molecular weight is 444 g/mol. The normalized spacial score (nSPS) is 13.9. The molecule has 30 heavy (non-hydrogen) atoms. The van der Waals surface area contributed by atoms with Crippen molar-refractivity contribution in [3.8, 4) is 10.6 Å². The van der Waals surface area contributed by atoms with Gasteiger partial charge in [-0.25, -0.2) is 13.1 Å². The van der Waals surface area contributed by atoms with Crippen LogP contribution in [0.3, 0.4) is 0 Å². The number of anilines is 1. The first kappa shape index (κ1) is 20.5. The Kier molecular flexibility index (Phi) is 5.33. The minimum Gasteiger partial charge on any atom is -0.292 e. The van der Waals surface area contributed by atoms with Crippen molar-refractivity contribution in [3.05, 3.63) is 68.8 Å². The third-order valence-electron chi connectivity index (χ3n) is 5.03. The van der Waals surface area contributed by atoms with Crippen molar-refractivity contribution in [1.82, 2.24) is 9.78 Å². The molecule has 0 unspecified atom stereocenters. The predicted octanol–water partition coefficient (Wildman–Crippen LogP) is 2.88. The lowest BCUT2D eigenvalue weighted by atomic mass is 9.99. The van der Waals surface area contributed by atoms with Crippen molar-refractivity contribution in [2.24, 2.45) is 0 Å². The van der Waals surface area contributed by atoms with E-state index in [2.05, 4.69) is 5.10 Å². The van der Waals surface area contributed by atoms with Gasteiger partial charge in [0.1, 0.15) is 12.2 Å². The molecule has 0 aliphatic carbocycles. The molecule has 0 radical (unpaired) electrons. The minimum atomic E-state index is -3.36. The maximum Gasteiger partial charge on any atom is 0.267 e. The van der Waals surface area contributed by atoms with Gasteiger partial charge in [-0.2, -0.15) is 5.10 Å². The zero-order valence-corrected chi connectivity index (χ0v) is 18.3. The predicted molar refractivity (Wildman–Crippen MR) is 118 cm³/mol. The van der Waals surface area contributed by atoms with Crippen LogP contribution in [0.25, 0.3) is 10.6 Å². The number of aryl methyl sites for hydroxylation is 2. The summed E-state index contributed by atoms with van der Waals surface area (Å²) in [7, 11) is -3.36. The Morgan fingerprint density at radius 2 is 1.97 bits per heavy atom. The van der Waals surface area contributed by atoms with Gasteiger partial charge in [0.25, 0.3) is 5.56 Å². The Bertz CT molecular complexity index is 1290. The summed E-state index contributed by atoms with van der Waals surface area (Å²) < 4.78 is 26.6. The topological polar surface area (TPSA) is 89.3 Å². The number of nitrogens with zero attached hydrogens (tertiary/aromatic N) is 3. The van der Waals surface area contributed by atoms with Gasteiger partial charge in [0.15, 0.2) is 5.78 Å². The molecule has 1 aliphatic heterocycles. The average Bonchev–Trinajstić information content (AvgIpc) is 3.14. The van der Waals surface area contributed by atoms with Crippen molar-refractivity contribution in [2.75, 3.05) is 17.1 Å². The summed E-state index contributed by atoms with van der Waals surface area (Å²) in [6.07, 6.45) is 2.58. The highest BCUT2D eigenvalue weighted by atomic mass is 32.2. The van der Waals surface area contributed by atoms with Crippen LogP contribution in [0.1, 0.15) is 27.2 Å². The van der Waals surface area contributed by atoms with Gasteiger partial charge < -0.3 is 0 Å². The van der Waals surface area contributed by atoms with E-state index in [0.717, 1.165) is 15.3 Å². The second-order valence-electron chi connectivity index (χ2n) is 7.33. The van der Waals surface area contributed by atoms with Gasteiger partial charge in [-0.15, -0.1) is 11.3 Å². The summed E-state index contributed by atoms with van der Waals surface area (Å²) in [6, 6.07) is 12.0. The van der Waals surface area contributed by atoms with Gasteiger partial charge in [0, 0.05) is 23.1 Å². The van der Waals surface area contributed by atoms with Crippen LogP contribution in [0.5, 0.6) is 0 Å². The summed E-state index contributed by atoms with van der Waals surface area (Å²) in [5.41, 5.74) is 2.18. The Morgan fingerprint density at radius 1 is 1.17 bits per heavy atom. The number of Topliss-reactive ketones (excluding diaryl/α,β-unsaturated/α-hetero) is 1. The van der Waals surface area contributed by atoms with E-state index in [1.165, 1.54) is 21.3 Å².